The molecule has 0 atom stereocenters. The first-order valence-corrected chi connectivity index (χ1v) is 11.8. The Kier molecular flexibility index (Phi) is 8.90. The number of nitrogens with zero attached hydrogens (tertiary/aromatic N) is 2. The fourth-order valence-corrected chi connectivity index (χ4v) is 4.54. The van der Waals surface area contributed by atoms with Gasteiger partial charge in [0.2, 0.25) is 11.8 Å². The minimum atomic E-state index is -0.236. The van der Waals surface area contributed by atoms with Crippen LogP contribution in [-0.2, 0) is 14.3 Å². The molecule has 1 aliphatic rings. The summed E-state index contributed by atoms with van der Waals surface area (Å²) in [6.07, 6.45) is 0. The van der Waals surface area contributed by atoms with Crippen molar-refractivity contribution in [1.82, 2.24) is 4.90 Å². The van der Waals surface area contributed by atoms with E-state index in [1.165, 1.54) is 16.7 Å². The number of rotatable bonds is 8. The van der Waals surface area contributed by atoms with Crippen molar-refractivity contribution in [2.75, 3.05) is 55.4 Å². The van der Waals surface area contributed by atoms with Crippen LogP contribution in [0.1, 0.15) is 6.92 Å². The van der Waals surface area contributed by atoms with E-state index in [0.717, 1.165) is 36.9 Å². The van der Waals surface area contributed by atoms with Gasteiger partial charge in [-0.25, -0.2) is 0 Å². The van der Waals surface area contributed by atoms with E-state index in [0.29, 0.717) is 22.3 Å². The van der Waals surface area contributed by atoms with Crippen LogP contribution in [-0.4, -0.2) is 61.9 Å². The number of amides is 2. The Bertz CT molecular complexity index is 905. The smallest absolute Gasteiger partial charge is 0.243 e. The van der Waals surface area contributed by atoms with Gasteiger partial charge in [-0.3, -0.25) is 9.59 Å². The number of benzene rings is 2. The lowest BCUT2D eigenvalue weighted by Crippen LogP contribution is -2.38. The first-order chi connectivity index (χ1) is 15.0. The Morgan fingerprint density at radius 3 is 2.52 bits per heavy atom. The van der Waals surface area contributed by atoms with Crippen molar-refractivity contribution in [1.29, 1.82) is 0 Å². The highest BCUT2D eigenvalue weighted by atomic mass is 35.5. The number of morpholine rings is 1. The molecule has 1 fully saturated rings. The maximum Gasteiger partial charge on any atom is 0.243 e. The van der Waals surface area contributed by atoms with Crippen LogP contribution in [0.2, 0.25) is 10.0 Å². The average molecular weight is 482 g/mol. The van der Waals surface area contributed by atoms with Crippen molar-refractivity contribution < 1.29 is 14.3 Å². The van der Waals surface area contributed by atoms with Gasteiger partial charge in [0, 0.05) is 40.9 Å². The maximum atomic E-state index is 12.6. The second-order valence-electron chi connectivity index (χ2n) is 6.97. The number of ether oxygens (including phenoxy) is 1. The molecular formula is C22H25Cl2N3O3S. The lowest BCUT2D eigenvalue weighted by molar-refractivity contribution is -0.132. The summed E-state index contributed by atoms with van der Waals surface area (Å²) in [4.78, 5) is 29.6. The number of anilines is 2. The number of carbonyl (C=O) groups is 2. The van der Waals surface area contributed by atoms with E-state index in [1.807, 2.05) is 31.2 Å². The fourth-order valence-electron chi connectivity index (χ4n) is 3.15. The van der Waals surface area contributed by atoms with Crippen LogP contribution in [0.3, 0.4) is 0 Å². The maximum absolute atomic E-state index is 12.6. The third-order valence-electron chi connectivity index (χ3n) is 4.84. The molecule has 31 heavy (non-hydrogen) atoms. The highest BCUT2D eigenvalue weighted by Crippen LogP contribution is 2.30. The molecule has 166 valence electrons. The van der Waals surface area contributed by atoms with E-state index in [1.54, 1.807) is 18.2 Å². The Labute approximate surface area is 196 Å². The van der Waals surface area contributed by atoms with Gasteiger partial charge >= 0.3 is 0 Å². The second-order valence-corrected chi connectivity index (χ2v) is 8.83. The van der Waals surface area contributed by atoms with Crippen LogP contribution in [0.4, 0.5) is 11.4 Å². The zero-order valence-electron chi connectivity index (χ0n) is 17.3. The molecule has 1 aliphatic heterocycles. The molecule has 1 N–H and O–H groups in total. The molecule has 0 radical (unpaired) electrons. The van der Waals surface area contributed by atoms with Gasteiger partial charge < -0.3 is 19.9 Å². The molecular weight excluding hydrogens is 457 g/mol. The summed E-state index contributed by atoms with van der Waals surface area (Å²) in [5, 5.41) is 3.97. The topological polar surface area (TPSA) is 61.9 Å². The normalized spacial score (nSPS) is 13.7. The van der Waals surface area contributed by atoms with Gasteiger partial charge in [0.25, 0.3) is 0 Å². The van der Waals surface area contributed by atoms with Gasteiger partial charge in [0.1, 0.15) is 0 Å². The van der Waals surface area contributed by atoms with E-state index in [4.69, 9.17) is 27.9 Å². The number of thioether (sulfide) groups is 1. The number of halogens is 2. The molecule has 0 bridgehead atoms. The quantitative estimate of drug-likeness (QED) is 0.565. The van der Waals surface area contributed by atoms with Crippen LogP contribution in [0.5, 0.6) is 0 Å². The molecule has 2 aromatic rings. The molecule has 1 heterocycles. The molecule has 6 nitrogen and oxygen atoms in total. The Hall–Kier alpha value is -1.93. The first-order valence-electron chi connectivity index (χ1n) is 10.0. The molecule has 3 rings (SSSR count). The Morgan fingerprint density at radius 1 is 1.13 bits per heavy atom. The molecule has 2 amide bonds. The highest BCUT2D eigenvalue weighted by molar-refractivity contribution is 8.00. The Morgan fingerprint density at radius 2 is 1.84 bits per heavy atom. The van der Waals surface area contributed by atoms with E-state index in [2.05, 4.69) is 10.2 Å². The van der Waals surface area contributed by atoms with E-state index in [9.17, 15) is 9.59 Å². The molecule has 1 saturated heterocycles. The van der Waals surface area contributed by atoms with Gasteiger partial charge in [-0.2, -0.15) is 0 Å². The number of hydrogen-bond acceptors (Lipinski definition) is 5. The van der Waals surface area contributed by atoms with Gasteiger partial charge in [0.05, 0.1) is 30.5 Å². The van der Waals surface area contributed by atoms with Crippen molar-refractivity contribution in [3.63, 3.8) is 0 Å². The minimum Gasteiger partial charge on any atom is -0.378 e. The largest absolute Gasteiger partial charge is 0.378 e. The average Bonchev–Trinajstić information content (AvgIpc) is 2.79. The zero-order valence-corrected chi connectivity index (χ0v) is 19.6. The highest BCUT2D eigenvalue weighted by Gasteiger charge is 2.17. The molecule has 9 heteroatoms. The Balaban J connectivity index is 1.50. The summed E-state index contributed by atoms with van der Waals surface area (Å²) in [5.41, 5.74) is 1.80. The third kappa shape index (κ3) is 7.04. The van der Waals surface area contributed by atoms with Crippen molar-refractivity contribution in [2.45, 2.75) is 11.8 Å². The van der Waals surface area contributed by atoms with Crippen LogP contribution < -0.4 is 10.2 Å². The molecule has 0 aromatic heterocycles. The molecule has 0 unspecified atom stereocenters. The zero-order chi connectivity index (χ0) is 22.2. The number of hydrogen-bond donors (Lipinski definition) is 1. The summed E-state index contributed by atoms with van der Waals surface area (Å²) >= 11 is 13.5. The van der Waals surface area contributed by atoms with E-state index >= 15 is 0 Å². The predicted octanol–water partition coefficient (Wildman–Crippen LogP) is 4.41. The van der Waals surface area contributed by atoms with Crippen molar-refractivity contribution in [3.8, 4) is 0 Å². The van der Waals surface area contributed by atoms with Gasteiger partial charge in [0.15, 0.2) is 0 Å². The van der Waals surface area contributed by atoms with Crippen molar-refractivity contribution in [3.05, 3.63) is 52.5 Å². The summed E-state index contributed by atoms with van der Waals surface area (Å²) in [6.45, 7) is 5.44. The number of nitrogens with one attached hydrogen (secondary N) is 1. The van der Waals surface area contributed by atoms with Crippen molar-refractivity contribution >= 4 is 58.2 Å². The molecule has 0 saturated carbocycles. The summed E-state index contributed by atoms with van der Waals surface area (Å²) in [5.74, 6) is -0.198. The lowest BCUT2D eigenvalue weighted by atomic mass is 10.2. The minimum absolute atomic E-state index is 0.00954. The van der Waals surface area contributed by atoms with Crippen molar-refractivity contribution in [2.24, 2.45) is 0 Å². The lowest BCUT2D eigenvalue weighted by Gasteiger charge is -2.29. The summed E-state index contributed by atoms with van der Waals surface area (Å²) in [7, 11) is 0. The van der Waals surface area contributed by atoms with E-state index in [-0.39, 0.29) is 24.1 Å². The van der Waals surface area contributed by atoms with Gasteiger partial charge in [-0.15, -0.1) is 11.8 Å². The first kappa shape index (κ1) is 23.7. The van der Waals surface area contributed by atoms with E-state index < -0.39 is 0 Å². The fraction of sp³-hybridized carbons (Fsp3) is 0.364. The van der Waals surface area contributed by atoms with Crippen LogP contribution in [0, 0.1) is 0 Å². The predicted molar refractivity (Wildman–Crippen MR) is 128 cm³/mol. The third-order valence-corrected chi connectivity index (χ3v) is 6.56. The summed E-state index contributed by atoms with van der Waals surface area (Å²) in [6, 6.07) is 12.8. The van der Waals surface area contributed by atoms with Gasteiger partial charge in [-0.1, -0.05) is 23.2 Å². The number of carbonyl (C=O) groups excluding carboxylic acids is 2. The van der Waals surface area contributed by atoms with Crippen LogP contribution in [0.25, 0.3) is 0 Å². The second kappa shape index (κ2) is 11.6. The van der Waals surface area contributed by atoms with Gasteiger partial charge in [-0.05, 0) is 49.4 Å². The summed E-state index contributed by atoms with van der Waals surface area (Å²) < 4.78 is 5.37. The van der Waals surface area contributed by atoms with Crippen LogP contribution in [0.15, 0.2) is 47.4 Å². The standard InChI is InChI=1S/C22H25Cl2N3O3S/c1-2-26(22(29)15-31-20-13-16(23)3-8-19(20)24)14-21(28)25-17-4-6-18(7-5-17)27-9-11-30-12-10-27/h3-8,13H,2,9-12,14-15H2,1H3,(H,25,28). The molecule has 2 aromatic carbocycles. The monoisotopic (exact) mass is 481 g/mol. The molecule has 0 aliphatic carbocycles. The number of likely N-dealkylation sites (N-methyl/N-ethyl adjacent to an activating group) is 1. The van der Waals surface area contributed by atoms with Crippen LogP contribution >= 0.6 is 35.0 Å². The molecule has 0 spiro atoms. The SMILES string of the molecule is CCN(CC(=O)Nc1ccc(N2CCOCC2)cc1)C(=O)CSc1cc(Cl)ccc1Cl.